The zero-order valence-corrected chi connectivity index (χ0v) is 19.3. The van der Waals surface area contributed by atoms with Gasteiger partial charge in [0.1, 0.15) is 0 Å². The monoisotopic (exact) mass is 471 g/mol. The lowest BCUT2D eigenvalue weighted by Gasteiger charge is -2.19. The van der Waals surface area contributed by atoms with Crippen LogP contribution in [-0.4, -0.2) is 35.6 Å². The Morgan fingerprint density at radius 1 is 0.912 bits per heavy atom. The summed E-state index contributed by atoms with van der Waals surface area (Å²) in [5, 5.41) is 7.53. The minimum atomic E-state index is -3.71. The van der Waals surface area contributed by atoms with E-state index in [4.69, 9.17) is 0 Å². The average molecular weight is 472 g/mol. The van der Waals surface area contributed by atoms with Crippen molar-refractivity contribution in [1.29, 1.82) is 0 Å². The Balaban J connectivity index is 1.53. The minimum Gasteiger partial charge on any atom is -0.354 e. The number of fused-ring (bicyclic) bond motifs is 1. The Labute approximate surface area is 196 Å². The molecule has 2 N–H and O–H groups in total. The van der Waals surface area contributed by atoms with Crippen LogP contribution < -0.4 is 9.86 Å². The normalized spacial score (nSPS) is 11.6. The smallest absolute Gasteiger partial charge is 0.273 e. The van der Waals surface area contributed by atoms with Crippen LogP contribution in [0.15, 0.2) is 88.8 Å². The molecule has 0 spiro atoms. The molecular weight excluding hydrogens is 450 g/mol. The third-order valence-corrected chi connectivity index (χ3v) is 7.52. The number of H-pyrrole nitrogens is 2. The fraction of sp³-hybridized carbons (Fsp3) is 0.0800. The predicted molar refractivity (Wildman–Crippen MR) is 132 cm³/mol. The summed E-state index contributed by atoms with van der Waals surface area (Å²) in [5.74, 6) is 0. The topological polar surface area (TPSA) is 112 Å². The molecule has 0 aliphatic rings. The Hall–Kier alpha value is -4.24. The lowest BCUT2D eigenvalue weighted by molar-refractivity contribution is 0.594. The lowest BCUT2D eigenvalue weighted by atomic mass is 10.1. The number of sulfonamides is 1. The molecular formula is C25H21N5O3S. The number of nitrogens with one attached hydrogen (secondary N) is 2. The van der Waals surface area contributed by atoms with Gasteiger partial charge in [-0.25, -0.2) is 13.5 Å². The molecule has 5 aromatic rings. The number of hydrogen-bond donors (Lipinski definition) is 2. The zero-order valence-electron chi connectivity index (χ0n) is 18.5. The quantitative estimate of drug-likeness (QED) is 0.401. The average Bonchev–Trinajstić information content (AvgIpc) is 3.28. The highest BCUT2D eigenvalue weighted by Gasteiger charge is 2.21. The summed E-state index contributed by atoms with van der Waals surface area (Å²) in [6.07, 6.45) is 3.32. The molecule has 0 saturated carbocycles. The number of rotatable bonds is 5. The number of nitrogens with zero attached hydrogens (tertiary/aromatic N) is 3. The van der Waals surface area contributed by atoms with Crippen molar-refractivity contribution in [3.05, 3.63) is 95.0 Å². The largest absolute Gasteiger partial charge is 0.354 e. The van der Waals surface area contributed by atoms with E-state index in [9.17, 15) is 13.2 Å². The Kier molecular flexibility index (Phi) is 5.25. The highest BCUT2D eigenvalue weighted by atomic mass is 32.2. The number of aromatic amines is 2. The maximum atomic E-state index is 13.1. The molecule has 170 valence electrons. The van der Waals surface area contributed by atoms with Gasteiger partial charge in [0.25, 0.3) is 15.6 Å². The number of aromatic nitrogens is 4. The van der Waals surface area contributed by atoms with Gasteiger partial charge >= 0.3 is 0 Å². The molecule has 0 amide bonds. The zero-order chi connectivity index (χ0) is 23.9. The van der Waals surface area contributed by atoms with Crippen LogP contribution >= 0.6 is 0 Å². The van der Waals surface area contributed by atoms with Gasteiger partial charge in [-0.3, -0.25) is 14.1 Å². The van der Waals surface area contributed by atoms with Crippen molar-refractivity contribution in [3.63, 3.8) is 0 Å². The molecule has 0 fully saturated rings. The van der Waals surface area contributed by atoms with E-state index >= 15 is 0 Å². The van der Waals surface area contributed by atoms with Crippen LogP contribution in [0.1, 0.15) is 5.56 Å². The van der Waals surface area contributed by atoms with Crippen molar-refractivity contribution in [2.45, 2.75) is 11.8 Å². The number of anilines is 1. The lowest BCUT2D eigenvalue weighted by Crippen LogP contribution is -2.26. The second-order valence-electron chi connectivity index (χ2n) is 7.97. The third-order valence-electron chi connectivity index (χ3n) is 5.72. The molecule has 0 aliphatic carbocycles. The van der Waals surface area contributed by atoms with Gasteiger partial charge in [-0.15, -0.1) is 0 Å². The molecule has 2 aromatic carbocycles. The van der Waals surface area contributed by atoms with Crippen LogP contribution in [0.3, 0.4) is 0 Å². The van der Waals surface area contributed by atoms with E-state index in [-0.39, 0.29) is 10.5 Å². The Morgan fingerprint density at radius 3 is 2.38 bits per heavy atom. The number of benzene rings is 2. The first kappa shape index (κ1) is 21.6. The summed E-state index contributed by atoms with van der Waals surface area (Å²) in [7, 11) is -2.19. The molecule has 5 rings (SSSR count). The van der Waals surface area contributed by atoms with E-state index in [0.29, 0.717) is 28.2 Å². The summed E-state index contributed by atoms with van der Waals surface area (Å²) >= 11 is 0. The molecule has 3 aromatic heterocycles. The number of hydrogen-bond acceptors (Lipinski definition) is 5. The summed E-state index contributed by atoms with van der Waals surface area (Å²) in [5.41, 5.74) is 4.34. The molecule has 0 radical (unpaired) electrons. The molecule has 0 aliphatic heterocycles. The van der Waals surface area contributed by atoms with E-state index in [0.717, 1.165) is 16.5 Å². The van der Waals surface area contributed by atoms with Crippen LogP contribution in [0, 0.1) is 6.92 Å². The molecule has 34 heavy (non-hydrogen) atoms. The second kappa shape index (κ2) is 8.27. The first-order chi connectivity index (χ1) is 16.3. The molecule has 8 nitrogen and oxygen atoms in total. The Morgan fingerprint density at radius 2 is 1.65 bits per heavy atom. The Bertz CT molecular complexity index is 1660. The van der Waals surface area contributed by atoms with Crippen molar-refractivity contribution < 1.29 is 8.42 Å². The highest BCUT2D eigenvalue weighted by Crippen LogP contribution is 2.29. The van der Waals surface area contributed by atoms with Crippen LogP contribution in [-0.2, 0) is 10.0 Å². The van der Waals surface area contributed by atoms with E-state index in [2.05, 4.69) is 20.2 Å². The van der Waals surface area contributed by atoms with Gasteiger partial charge in [0.2, 0.25) is 0 Å². The van der Waals surface area contributed by atoms with Crippen LogP contribution in [0.5, 0.6) is 0 Å². The molecule has 0 bridgehead atoms. The first-order valence-electron chi connectivity index (χ1n) is 10.5. The molecule has 3 heterocycles. The van der Waals surface area contributed by atoms with E-state index in [1.54, 1.807) is 54.9 Å². The summed E-state index contributed by atoms with van der Waals surface area (Å²) in [6, 6.07) is 19.3. The SMILES string of the molecule is Cc1ccc(S(=O)(=O)N(C)c2ccc3cc(-c4cc(-c5ccncc5)n[nH]c4=O)[nH]c3c2)cc1. The molecule has 9 heteroatoms. The maximum Gasteiger partial charge on any atom is 0.273 e. The second-order valence-corrected chi connectivity index (χ2v) is 9.94. The van der Waals surface area contributed by atoms with Crippen molar-refractivity contribution in [2.75, 3.05) is 11.4 Å². The van der Waals surface area contributed by atoms with Crippen molar-refractivity contribution in [3.8, 4) is 22.5 Å². The van der Waals surface area contributed by atoms with Gasteiger partial charge in [-0.1, -0.05) is 23.8 Å². The highest BCUT2D eigenvalue weighted by molar-refractivity contribution is 7.92. The predicted octanol–water partition coefficient (Wildman–Crippen LogP) is 4.11. The first-order valence-corrected chi connectivity index (χ1v) is 12.0. The standard InChI is InChI=1S/C25H21N5O3S/c1-16-3-7-20(8-4-16)34(32,33)30(2)19-6-5-18-13-24(27-22(18)14-19)21-15-23(28-29-25(21)31)17-9-11-26-12-10-17/h3-15,27H,1-2H3,(H,29,31). The fourth-order valence-corrected chi connectivity index (χ4v) is 4.93. The van der Waals surface area contributed by atoms with Crippen molar-refractivity contribution in [2.24, 2.45) is 0 Å². The van der Waals surface area contributed by atoms with Crippen LogP contribution in [0.2, 0.25) is 0 Å². The van der Waals surface area contributed by atoms with Gasteiger partial charge < -0.3 is 4.98 Å². The third kappa shape index (κ3) is 3.86. The maximum absolute atomic E-state index is 13.1. The van der Waals surface area contributed by atoms with Crippen molar-refractivity contribution in [1.82, 2.24) is 20.2 Å². The molecule has 0 saturated heterocycles. The van der Waals surface area contributed by atoms with Crippen LogP contribution in [0.25, 0.3) is 33.4 Å². The van der Waals surface area contributed by atoms with Crippen LogP contribution in [0.4, 0.5) is 5.69 Å². The minimum absolute atomic E-state index is 0.222. The fourth-order valence-electron chi connectivity index (χ4n) is 3.74. The summed E-state index contributed by atoms with van der Waals surface area (Å²) < 4.78 is 27.4. The van der Waals surface area contributed by atoms with E-state index in [1.807, 2.05) is 31.2 Å². The van der Waals surface area contributed by atoms with Gasteiger partial charge in [-0.05, 0) is 55.5 Å². The van der Waals surface area contributed by atoms with E-state index in [1.165, 1.54) is 11.4 Å². The van der Waals surface area contributed by atoms with Gasteiger partial charge in [-0.2, -0.15) is 5.10 Å². The number of aryl methyl sites for hydroxylation is 1. The van der Waals surface area contributed by atoms with Gasteiger partial charge in [0.15, 0.2) is 0 Å². The van der Waals surface area contributed by atoms with Crippen molar-refractivity contribution >= 4 is 26.6 Å². The summed E-state index contributed by atoms with van der Waals surface area (Å²) in [6.45, 7) is 1.91. The number of pyridine rings is 1. The van der Waals surface area contributed by atoms with E-state index < -0.39 is 10.0 Å². The molecule has 0 unspecified atom stereocenters. The van der Waals surface area contributed by atoms with Gasteiger partial charge in [0, 0.05) is 35.9 Å². The van der Waals surface area contributed by atoms with Gasteiger partial charge in [0.05, 0.1) is 27.5 Å². The summed E-state index contributed by atoms with van der Waals surface area (Å²) in [4.78, 5) is 20.0. The molecule has 0 atom stereocenters.